The summed E-state index contributed by atoms with van der Waals surface area (Å²) < 4.78 is 41.0. The van der Waals surface area contributed by atoms with E-state index in [0.717, 1.165) is 28.1 Å². The topological polar surface area (TPSA) is 30.5 Å². The van der Waals surface area contributed by atoms with Gasteiger partial charge in [0, 0.05) is 17.0 Å². The molecule has 170 valence electrons. The van der Waals surface area contributed by atoms with Gasteiger partial charge in [-0.25, -0.2) is 8.78 Å². The van der Waals surface area contributed by atoms with Gasteiger partial charge in [0.05, 0.1) is 23.3 Å². The van der Waals surface area contributed by atoms with Crippen molar-refractivity contribution >= 4 is 33.2 Å². The number of benzene rings is 3. The van der Waals surface area contributed by atoms with Crippen LogP contribution in [0.4, 0.5) is 14.5 Å². The van der Waals surface area contributed by atoms with Crippen molar-refractivity contribution in [1.29, 1.82) is 0 Å². The lowest BCUT2D eigenvalue weighted by Crippen LogP contribution is -2.30. The highest BCUT2D eigenvalue weighted by molar-refractivity contribution is 9.10. The van der Waals surface area contributed by atoms with Crippen LogP contribution in [-0.2, 0) is 6.61 Å². The summed E-state index contributed by atoms with van der Waals surface area (Å²) in [5.41, 5.74) is 2.93. The van der Waals surface area contributed by atoms with Crippen LogP contribution in [0.3, 0.4) is 0 Å². The van der Waals surface area contributed by atoms with Crippen LogP contribution in [0.1, 0.15) is 35.1 Å². The molecule has 1 N–H and O–H groups in total. The first-order chi connectivity index (χ1) is 15.9. The minimum Gasteiger partial charge on any atom is -0.493 e. The maximum absolute atomic E-state index is 14.7. The molecule has 5 rings (SSSR count). The van der Waals surface area contributed by atoms with Crippen molar-refractivity contribution in [2.75, 3.05) is 12.4 Å². The van der Waals surface area contributed by atoms with E-state index in [-0.39, 0.29) is 17.9 Å². The van der Waals surface area contributed by atoms with Crippen LogP contribution in [0.5, 0.6) is 11.5 Å². The molecular weight excluding hydrogens is 512 g/mol. The molecule has 7 heteroatoms. The molecule has 3 aromatic rings. The Hall–Kier alpha value is -2.57. The van der Waals surface area contributed by atoms with Crippen molar-refractivity contribution in [2.45, 2.75) is 25.0 Å². The van der Waals surface area contributed by atoms with Gasteiger partial charge in [-0.2, -0.15) is 0 Å². The quantitative estimate of drug-likeness (QED) is 0.340. The summed E-state index contributed by atoms with van der Waals surface area (Å²) >= 11 is 9.59. The van der Waals surface area contributed by atoms with Gasteiger partial charge in [-0.05, 0) is 75.3 Å². The average molecular weight is 533 g/mol. The standard InChI is InChI=1S/C26H21BrClF2NO2/c1-32-23-10-15(9-21(27)26(23)33-13-14-5-7-16(28)8-6-14)24-19-4-2-3-18(19)20-11-17(29)12-22(30)25(20)31-24/h2-3,5-12,18-19,24,31H,4,13H2,1H3/t18-,19+,24+/m0/s1. The fourth-order valence-electron chi connectivity index (χ4n) is 4.75. The number of ether oxygens (including phenoxy) is 2. The van der Waals surface area contributed by atoms with E-state index >= 15 is 0 Å². The largest absolute Gasteiger partial charge is 0.493 e. The van der Waals surface area contributed by atoms with Crippen molar-refractivity contribution in [1.82, 2.24) is 0 Å². The molecular formula is C26H21BrClF2NO2. The second kappa shape index (κ2) is 8.99. The van der Waals surface area contributed by atoms with E-state index in [4.69, 9.17) is 21.1 Å². The summed E-state index contributed by atoms with van der Waals surface area (Å²) in [5, 5.41) is 4.00. The molecule has 33 heavy (non-hydrogen) atoms. The molecule has 0 fully saturated rings. The molecule has 3 atom stereocenters. The molecule has 3 nitrogen and oxygen atoms in total. The Morgan fingerprint density at radius 3 is 2.67 bits per heavy atom. The van der Waals surface area contributed by atoms with Gasteiger partial charge in [-0.3, -0.25) is 0 Å². The molecule has 0 spiro atoms. The number of allylic oxidation sites excluding steroid dienone is 2. The predicted octanol–water partition coefficient (Wildman–Crippen LogP) is 7.79. The van der Waals surface area contributed by atoms with Crippen LogP contribution in [0.2, 0.25) is 5.02 Å². The van der Waals surface area contributed by atoms with Gasteiger partial charge in [-0.15, -0.1) is 0 Å². The third-order valence-corrected chi connectivity index (χ3v) is 7.13. The normalized spacial score (nSPS) is 20.7. The molecule has 1 heterocycles. The van der Waals surface area contributed by atoms with Crippen LogP contribution < -0.4 is 14.8 Å². The van der Waals surface area contributed by atoms with E-state index in [1.54, 1.807) is 7.11 Å². The van der Waals surface area contributed by atoms with E-state index in [1.165, 1.54) is 6.07 Å². The number of nitrogens with one attached hydrogen (secondary N) is 1. The van der Waals surface area contributed by atoms with Crippen molar-refractivity contribution in [3.8, 4) is 11.5 Å². The predicted molar refractivity (Wildman–Crippen MR) is 129 cm³/mol. The van der Waals surface area contributed by atoms with Gasteiger partial charge in [0.1, 0.15) is 18.2 Å². The maximum Gasteiger partial charge on any atom is 0.175 e. The van der Waals surface area contributed by atoms with Gasteiger partial charge in [0.2, 0.25) is 0 Å². The number of halogens is 4. The number of hydrogen-bond acceptors (Lipinski definition) is 3. The Bertz CT molecular complexity index is 1230. The number of anilines is 1. The average Bonchev–Trinajstić information content (AvgIpc) is 3.29. The second-order valence-electron chi connectivity index (χ2n) is 8.28. The number of rotatable bonds is 5. The summed E-state index contributed by atoms with van der Waals surface area (Å²) in [6.07, 6.45) is 4.94. The van der Waals surface area contributed by atoms with Crippen molar-refractivity contribution < 1.29 is 18.3 Å². The summed E-state index contributed by atoms with van der Waals surface area (Å²) in [4.78, 5) is 0. The molecule has 1 aliphatic heterocycles. The van der Waals surface area contributed by atoms with E-state index in [9.17, 15) is 8.78 Å². The fourth-order valence-corrected chi connectivity index (χ4v) is 5.45. The Kier molecular flexibility index (Phi) is 6.06. The third kappa shape index (κ3) is 4.22. The molecule has 0 saturated heterocycles. The Labute approximate surface area is 204 Å². The lowest BCUT2D eigenvalue weighted by molar-refractivity contribution is 0.282. The highest BCUT2D eigenvalue weighted by Gasteiger charge is 2.39. The lowest BCUT2D eigenvalue weighted by atomic mass is 9.77. The van der Waals surface area contributed by atoms with Gasteiger partial charge in [0.25, 0.3) is 0 Å². The second-order valence-corrected chi connectivity index (χ2v) is 9.57. The highest BCUT2D eigenvalue weighted by atomic mass is 79.9. The van der Waals surface area contributed by atoms with E-state index in [1.807, 2.05) is 42.5 Å². The van der Waals surface area contributed by atoms with E-state index in [2.05, 4.69) is 27.3 Å². The van der Waals surface area contributed by atoms with Crippen molar-refractivity contribution in [3.63, 3.8) is 0 Å². The summed E-state index contributed by atoms with van der Waals surface area (Å²) in [7, 11) is 1.59. The first-order valence-electron chi connectivity index (χ1n) is 10.6. The first-order valence-corrected chi connectivity index (χ1v) is 11.8. The number of methoxy groups -OCH3 is 1. The summed E-state index contributed by atoms with van der Waals surface area (Å²) in [5.74, 6) is 0.0998. The molecule has 1 aliphatic carbocycles. The molecule has 0 unspecified atom stereocenters. The first kappa shape index (κ1) is 22.2. The highest BCUT2D eigenvalue weighted by Crippen LogP contribution is 2.52. The monoisotopic (exact) mass is 531 g/mol. The molecule has 2 aliphatic rings. The van der Waals surface area contributed by atoms with Crippen molar-refractivity contribution in [2.24, 2.45) is 5.92 Å². The maximum atomic E-state index is 14.7. The molecule has 0 aromatic heterocycles. The van der Waals surface area contributed by atoms with Gasteiger partial charge >= 0.3 is 0 Å². The smallest absolute Gasteiger partial charge is 0.175 e. The zero-order valence-electron chi connectivity index (χ0n) is 17.7. The van der Waals surface area contributed by atoms with Crippen molar-refractivity contribution in [3.05, 3.63) is 98.5 Å². The van der Waals surface area contributed by atoms with Crippen LogP contribution in [-0.4, -0.2) is 7.11 Å². The fraction of sp³-hybridized carbons (Fsp3) is 0.231. The Morgan fingerprint density at radius 2 is 1.91 bits per heavy atom. The van der Waals surface area contributed by atoms with E-state index in [0.29, 0.717) is 34.4 Å². The SMILES string of the molecule is COc1cc([C@H]2Nc3c(F)cc(F)cc3[C@H]3C=CC[C@H]32)cc(Br)c1OCc1ccc(Cl)cc1. The van der Waals surface area contributed by atoms with Crippen LogP contribution >= 0.6 is 27.5 Å². The molecule has 0 bridgehead atoms. The van der Waals surface area contributed by atoms with Crippen LogP contribution in [0, 0.1) is 17.6 Å². The minimum atomic E-state index is -0.581. The number of fused-ring (bicyclic) bond motifs is 3. The van der Waals surface area contributed by atoms with Crippen LogP contribution in [0.25, 0.3) is 0 Å². The summed E-state index contributed by atoms with van der Waals surface area (Å²) in [6, 6.07) is 13.5. The van der Waals surface area contributed by atoms with Gasteiger partial charge in [-0.1, -0.05) is 35.9 Å². The Morgan fingerprint density at radius 1 is 1.12 bits per heavy atom. The molecule has 3 aromatic carbocycles. The third-order valence-electron chi connectivity index (χ3n) is 6.29. The van der Waals surface area contributed by atoms with Gasteiger partial charge < -0.3 is 14.8 Å². The zero-order chi connectivity index (χ0) is 23.1. The summed E-state index contributed by atoms with van der Waals surface area (Å²) in [6.45, 7) is 0.353. The minimum absolute atomic E-state index is 0.0537. The van der Waals surface area contributed by atoms with Crippen LogP contribution in [0.15, 0.2) is 65.2 Å². The molecule has 0 saturated carbocycles. The molecule has 0 amide bonds. The number of hydrogen-bond donors (Lipinski definition) is 1. The lowest BCUT2D eigenvalue weighted by Gasteiger charge is -2.38. The molecule has 0 radical (unpaired) electrons. The zero-order valence-corrected chi connectivity index (χ0v) is 20.1. The Balaban J connectivity index is 1.47. The van der Waals surface area contributed by atoms with Gasteiger partial charge in [0.15, 0.2) is 11.5 Å². The van der Waals surface area contributed by atoms with E-state index < -0.39 is 11.6 Å².